The van der Waals surface area contributed by atoms with Crippen molar-refractivity contribution in [3.63, 3.8) is 0 Å². The van der Waals surface area contributed by atoms with Crippen molar-refractivity contribution >= 4 is 5.97 Å². The van der Waals surface area contributed by atoms with E-state index in [0.29, 0.717) is 17.2 Å². The van der Waals surface area contributed by atoms with E-state index in [1.165, 1.54) is 0 Å². The van der Waals surface area contributed by atoms with Crippen LogP contribution < -0.4 is 4.74 Å². The van der Waals surface area contributed by atoms with E-state index in [1.807, 2.05) is 31.2 Å². The molecule has 0 amide bonds. The zero-order valence-electron chi connectivity index (χ0n) is 9.96. The number of hydrogen-bond acceptors (Lipinski definition) is 3. The molecule has 0 aliphatic heterocycles. The van der Waals surface area contributed by atoms with Crippen molar-refractivity contribution in [3.8, 4) is 11.5 Å². The number of hydrogen-bond donors (Lipinski definition) is 1. The Morgan fingerprint density at radius 1 is 1.33 bits per heavy atom. The number of ether oxygens (including phenoxy) is 1. The van der Waals surface area contributed by atoms with Gasteiger partial charge in [-0.15, -0.1) is 0 Å². The van der Waals surface area contributed by atoms with Crippen molar-refractivity contribution in [2.45, 2.75) is 13.3 Å². The Kier molecular flexibility index (Phi) is 3.57. The molecular weight excluding hydrogens is 230 g/mol. The minimum atomic E-state index is -0.928. The summed E-state index contributed by atoms with van der Waals surface area (Å²) in [5, 5.41) is 8.81. The number of rotatable bonds is 4. The maximum atomic E-state index is 10.7. The van der Waals surface area contributed by atoms with Gasteiger partial charge in [0.15, 0.2) is 0 Å². The Hall–Kier alpha value is -2.36. The molecule has 1 aromatic heterocycles. The molecule has 0 atom stereocenters. The Labute approximate surface area is 105 Å². The fourth-order valence-electron chi connectivity index (χ4n) is 1.60. The van der Waals surface area contributed by atoms with Crippen LogP contribution in [0, 0.1) is 6.92 Å². The number of nitrogens with zero attached hydrogens (tertiary/aromatic N) is 1. The molecular formula is C14H13NO3. The summed E-state index contributed by atoms with van der Waals surface area (Å²) in [4.78, 5) is 14.8. The summed E-state index contributed by atoms with van der Waals surface area (Å²) in [6.45, 7) is 1.97. The van der Waals surface area contributed by atoms with Crippen LogP contribution in [0.25, 0.3) is 0 Å². The van der Waals surface area contributed by atoms with Gasteiger partial charge in [-0.1, -0.05) is 12.1 Å². The molecule has 0 aliphatic rings. The Bertz CT molecular complexity index is 566. The number of pyridine rings is 1. The van der Waals surface area contributed by atoms with Crippen LogP contribution in [0.4, 0.5) is 0 Å². The molecule has 1 aromatic carbocycles. The smallest absolute Gasteiger partial charge is 0.309 e. The summed E-state index contributed by atoms with van der Waals surface area (Å²) in [6.07, 6.45) is 1.41. The number of aliphatic carboxylic acids is 1. The maximum absolute atomic E-state index is 10.7. The zero-order chi connectivity index (χ0) is 13.0. The third-order valence-electron chi connectivity index (χ3n) is 2.38. The lowest BCUT2D eigenvalue weighted by Gasteiger charge is -2.09. The predicted octanol–water partition coefficient (Wildman–Crippen LogP) is 2.81. The van der Waals surface area contributed by atoms with Crippen molar-refractivity contribution < 1.29 is 14.6 Å². The van der Waals surface area contributed by atoms with Crippen LogP contribution in [0.5, 0.6) is 11.5 Å². The first-order valence-corrected chi connectivity index (χ1v) is 5.55. The molecule has 18 heavy (non-hydrogen) atoms. The van der Waals surface area contributed by atoms with E-state index in [-0.39, 0.29) is 6.42 Å². The lowest BCUT2D eigenvalue weighted by molar-refractivity contribution is -0.136. The normalized spacial score (nSPS) is 10.1. The second kappa shape index (κ2) is 5.31. The first-order valence-electron chi connectivity index (χ1n) is 5.55. The molecule has 4 nitrogen and oxygen atoms in total. The van der Waals surface area contributed by atoms with Gasteiger partial charge in [-0.25, -0.2) is 0 Å². The molecule has 1 heterocycles. The van der Waals surface area contributed by atoms with Gasteiger partial charge in [0.2, 0.25) is 0 Å². The van der Waals surface area contributed by atoms with Gasteiger partial charge in [0.1, 0.15) is 11.5 Å². The second-order valence-corrected chi connectivity index (χ2v) is 3.94. The lowest BCUT2D eigenvalue weighted by atomic mass is 10.2. The fraction of sp³-hybridized carbons (Fsp3) is 0.143. The molecule has 1 N–H and O–H groups in total. The van der Waals surface area contributed by atoms with E-state index in [0.717, 1.165) is 5.56 Å². The highest BCUT2D eigenvalue weighted by molar-refractivity contribution is 5.70. The summed E-state index contributed by atoms with van der Waals surface area (Å²) in [7, 11) is 0. The average Bonchev–Trinajstić information content (AvgIpc) is 2.31. The van der Waals surface area contributed by atoms with Gasteiger partial charge >= 0.3 is 5.97 Å². The second-order valence-electron chi connectivity index (χ2n) is 3.94. The van der Waals surface area contributed by atoms with Gasteiger partial charge in [0.05, 0.1) is 12.1 Å². The molecule has 0 saturated heterocycles. The van der Waals surface area contributed by atoms with E-state index >= 15 is 0 Å². The van der Waals surface area contributed by atoms with E-state index in [2.05, 4.69) is 4.98 Å². The highest BCUT2D eigenvalue weighted by Gasteiger charge is 2.09. The lowest BCUT2D eigenvalue weighted by Crippen LogP contribution is -2.04. The van der Waals surface area contributed by atoms with Crippen molar-refractivity contribution in [2.75, 3.05) is 0 Å². The highest BCUT2D eigenvalue weighted by atomic mass is 16.5. The topological polar surface area (TPSA) is 59.4 Å². The fourth-order valence-corrected chi connectivity index (χ4v) is 1.60. The first-order chi connectivity index (χ1) is 8.65. The molecule has 2 aromatic rings. The Morgan fingerprint density at radius 2 is 2.17 bits per heavy atom. The van der Waals surface area contributed by atoms with Crippen LogP contribution in [0.1, 0.15) is 11.3 Å². The van der Waals surface area contributed by atoms with Gasteiger partial charge in [0, 0.05) is 6.20 Å². The van der Waals surface area contributed by atoms with Crippen molar-refractivity contribution in [1.29, 1.82) is 0 Å². The van der Waals surface area contributed by atoms with Gasteiger partial charge in [0.25, 0.3) is 0 Å². The summed E-state index contributed by atoms with van der Waals surface area (Å²) < 4.78 is 5.67. The molecule has 0 saturated carbocycles. The highest BCUT2D eigenvalue weighted by Crippen LogP contribution is 2.24. The number of aryl methyl sites for hydroxylation is 1. The van der Waals surface area contributed by atoms with Crippen LogP contribution in [-0.2, 0) is 11.2 Å². The van der Waals surface area contributed by atoms with Gasteiger partial charge in [-0.2, -0.15) is 0 Å². The predicted molar refractivity (Wildman–Crippen MR) is 66.8 cm³/mol. The van der Waals surface area contributed by atoms with E-state index in [4.69, 9.17) is 9.84 Å². The standard InChI is InChI=1S/C14H13NO3/c1-10-4-2-5-11(8-10)18-13-6-3-7-15-12(13)9-14(16)17/h2-8H,9H2,1H3,(H,16,17). The molecule has 0 radical (unpaired) electrons. The van der Waals surface area contributed by atoms with E-state index in [9.17, 15) is 4.79 Å². The summed E-state index contributed by atoms with van der Waals surface area (Å²) in [6, 6.07) is 11.0. The van der Waals surface area contributed by atoms with Crippen LogP contribution in [0.2, 0.25) is 0 Å². The first kappa shape index (κ1) is 12.1. The number of aromatic nitrogens is 1. The quantitative estimate of drug-likeness (QED) is 0.897. The molecule has 92 valence electrons. The molecule has 4 heteroatoms. The number of carbonyl (C=O) groups is 1. The van der Waals surface area contributed by atoms with E-state index in [1.54, 1.807) is 18.3 Å². The van der Waals surface area contributed by atoms with Crippen LogP contribution >= 0.6 is 0 Å². The maximum Gasteiger partial charge on any atom is 0.309 e. The van der Waals surface area contributed by atoms with Gasteiger partial charge in [-0.05, 0) is 36.8 Å². The van der Waals surface area contributed by atoms with Crippen LogP contribution in [-0.4, -0.2) is 16.1 Å². The SMILES string of the molecule is Cc1cccc(Oc2cccnc2CC(=O)O)c1. The number of carboxylic acid groups (broad SMARTS) is 1. The summed E-state index contributed by atoms with van der Waals surface area (Å²) >= 11 is 0. The molecule has 0 unspecified atom stereocenters. The number of carboxylic acids is 1. The minimum absolute atomic E-state index is 0.151. The van der Waals surface area contributed by atoms with Crippen LogP contribution in [0.3, 0.4) is 0 Å². The molecule has 0 spiro atoms. The van der Waals surface area contributed by atoms with Crippen LogP contribution in [0.15, 0.2) is 42.6 Å². The molecule has 2 rings (SSSR count). The number of benzene rings is 1. The monoisotopic (exact) mass is 243 g/mol. The van der Waals surface area contributed by atoms with Crippen molar-refractivity contribution in [2.24, 2.45) is 0 Å². The zero-order valence-corrected chi connectivity index (χ0v) is 9.96. The average molecular weight is 243 g/mol. The Balaban J connectivity index is 2.26. The summed E-state index contributed by atoms with van der Waals surface area (Å²) in [5.41, 5.74) is 1.50. The molecule has 0 fully saturated rings. The largest absolute Gasteiger partial charge is 0.481 e. The Morgan fingerprint density at radius 3 is 2.89 bits per heavy atom. The summed E-state index contributed by atoms with van der Waals surface area (Å²) in [5.74, 6) is 0.225. The van der Waals surface area contributed by atoms with E-state index < -0.39 is 5.97 Å². The van der Waals surface area contributed by atoms with Gasteiger partial charge < -0.3 is 9.84 Å². The molecule has 0 bridgehead atoms. The third-order valence-corrected chi connectivity index (χ3v) is 2.38. The molecule has 0 aliphatic carbocycles. The van der Waals surface area contributed by atoms with Crippen molar-refractivity contribution in [3.05, 3.63) is 53.9 Å². The van der Waals surface area contributed by atoms with Crippen molar-refractivity contribution in [1.82, 2.24) is 4.98 Å². The van der Waals surface area contributed by atoms with Gasteiger partial charge in [-0.3, -0.25) is 9.78 Å². The minimum Gasteiger partial charge on any atom is -0.481 e. The third kappa shape index (κ3) is 3.07.